The molecule has 0 unspecified atom stereocenters. The number of hydrogen-bond acceptors (Lipinski definition) is 4. The van der Waals surface area contributed by atoms with E-state index in [1.54, 1.807) is 0 Å². The number of halogens is 2. The number of ether oxygens (including phenoxy) is 1. The second-order valence-corrected chi connectivity index (χ2v) is 4.70. The van der Waals surface area contributed by atoms with Crippen molar-refractivity contribution in [3.8, 4) is 6.07 Å². The van der Waals surface area contributed by atoms with Crippen molar-refractivity contribution in [3.05, 3.63) is 63.9 Å². The third-order valence-electron chi connectivity index (χ3n) is 2.69. The molecule has 0 aliphatic rings. The molecule has 0 saturated carbocycles. The molecule has 6 heteroatoms. The first kappa shape index (κ1) is 14.8. The quantitative estimate of drug-likeness (QED) is 0.697. The zero-order chi connectivity index (χ0) is 15.4. The van der Waals surface area contributed by atoms with Crippen molar-refractivity contribution < 1.29 is 13.9 Å². The molecule has 0 spiro atoms. The van der Waals surface area contributed by atoms with Crippen LogP contribution < -0.4 is 5.73 Å². The van der Waals surface area contributed by atoms with Gasteiger partial charge in [0.15, 0.2) is 0 Å². The highest BCUT2D eigenvalue weighted by molar-refractivity contribution is 6.31. The van der Waals surface area contributed by atoms with Gasteiger partial charge >= 0.3 is 5.97 Å². The maximum absolute atomic E-state index is 13.5. The van der Waals surface area contributed by atoms with E-state index < -0.39 is 11.8 Å². The molecule has 0 fully saturated rings. The Balaban J connectivity index is 2.13. The van der Waals surface area contributed by atoms with E-state index in [1.165, 1.54) is 30.3 Å². The average Bonchev–Trinajstić information content (AvgIpc) is 2.45. The topological polar surface area (TPSA) is 76.1 Å². The van der Waals surface area contributed by atoms with E-state index in [4.69, 9.17) is 27.3 Å². The van der Waals surface area contributed by atoms with E-state index in [0.29, 0.717) is 10.7 Å². The standard InChI is InChI=1S/C15H10ClFN2O2/c16-12-4-10(5-13(19)6-12)15(20)21-8-11-3-9(7-18)1-2-14(11)17/h1-6H,8,19H2. The molecule has 4 nitrogen and oxygen atoms in total. The van der Waals surface area contributed by atoms with Gasteiger partial charge in [0, 0.05) is 16.3 Å². The highest BCUT2D eigenvalue weighted by atomic mass is 35.5. The van der Waals surface area contributed by atoms with Crippen LogP contribution in [-0.4, -0.2) is 5.97 Å². The van der Waals surface area contributed by atoms with E-state index in [0.717, 1.165) is 6.07 Å². The number of anilines is 1. The van der Waals surface area contributed by atoms with Gasteiger partial charge in [-0.3, -0.25) is 0 Å². The Hall–Kier alpha value is -2.58. The molecule has 0 saturated heterocycles. The van der Waals surface area contributed by atoms with Crippen LogP contribution in [0.1, 0.15) is 21.5 Å². The van der Waals surface area contributed by atoms with Crippen molar-refractivity contribution in [2.45, 2.75) is 6.61 Å². The normalized spacial score (nSPS) is 9.95. The summed E-state index contributed by atoms with van der Waals surface area (Å²) in [6.07, 6.45) is 0. The Morgan fingerprint density at radius 2 is 2.10 bits per heavy atom. The van der Waals surface area contributed by atoms with Gasteiger partial charge in [0.2, 0.25) is 0 Å². The molecule has 2 N–H and O–H groups in total. The molecule has 21 heavy (non-hydrogen) atoms. The van der Waals surface area contributed by atoms with Crippen LogP contribution in [0.3, 0.4) is 0 Å². The van der Waals surface area contributed by atoms with Gasteiger partial charge in [-0.25, -0.2) is 9.18 Å². The van der Waals surface area contributed by atoms with E-state index in [2.05, 4.69) is 0 Å². The molecule has 0 aliphatic carbocycles. The fourth-order valence-electron chi connectivity index (χ4n) is 1.71. The number of carbonyl (C=O) groups is 1. The number of nitrogen functional groups attached to an aromatic ring is 1. The highest BCUT2D eigenvalue weighted by Crippen LogP contribution is 2.18. The van der Waals surface area contributed by atoms with Crippen LogP contribution in [0.4, 0.5) is 10.1 Å². The number of esters is 1. The smallest absolute Gasteiger partial charge is 0.338 e. The van der Waals surface area contributed by atoms with Gasteiger partial charge in [-0.15, -0.1) is 0 Å². The minimum Gasteiger partial charge on any atom is -0.457 e. The van der Waals surface area contributed by atoms with Gasteiger partial charge in [-0.1, -0.05) is 11.6 Å². The summed E-state index contributed by atoms with van der Waals surface area (Å²) in [6, 6.07) is 10.0. The maximum Gasteiger partial charge on any atom is 0.338 e. The molecule has 2 aromatic carbocycles. The minimum atomic E-state index is -0.675. The van der Waals surface area contributed by atoms with Crippen LogP contribution in [-0.2, 0) is 11.3 Å². The summed E-state index contributed by atoms with van der Waals surface area (Å²) in [6.45, 7) is -0.285. The summed E-state index contributed by atoms with van der Waals surface area (Å²) in [5.41, 5.74) is 6.49. The molecular weight excluding hydrogens is 295 g/mol. The van der Waals surface area contributed by atoms with Crippen molar-refractivity contribution in [2.75, 3.05) is 5.73 Å². The molecule has 0 amide bonds. The lowest BCUT2D eigenvalue weighted by Crippen LogP contribution is -2.07. The van der Waals surface area contributed by atoms with E-state index in [-0.39, 0.29) is 23.3 Å². The molecule has 0 heterocycles. The van der Waals surface area contributed by atoms with E-state index in [9.17, 15) is 9.18 Å². The third-order valence-corrected chi connectivity index (χ3v) is 2.91. The molecule has 0 radical (unpaired) electrons. The zero-order valence-corrected chi connectivity index (χ0v) is 11.5. The number of rotatable bonds is 3. The van der Waals surface area contributed by atoms with Crippen molar-refractivity contribution in [1.82, 2.24) is 0 Å². The minimum absolute atomic E-state index is 0.123. The number of carbonyl (C=O) groups excluding carboxylic acids is 1. The van der Waals surface area contributed by atoms with Crippen molar-refractivity contribution in [2.24, 2.45) is 0 Å². The Kier molecular flexibility index (Phi) is 4.41. The van der Waals surface area contributed by atoms with Crippen LogP contribution in [0.25, 0.3) is 0 Å². The molecule has 0 bridgehead atoms. The van der Waals surface area contributed by atoms with Crippen molar-refractivity contribution in [3.63, 3.8) is 0 Å². The Labute approximate surface area is 125 Å². The fraction of sp³-hybridized carbons (Fsp3) is 0.0667. The molecule has 2 rings (SSSR count). The van der Waals surface area contributed by atoms with Crippen molar-refractivity contribution >= 4 is 23.3 Å². The lowest BCUT2D eigenvalue weighted by molar-refractivity contribution is 0.0469. The summed E-state index contributed by atoms with van der Waals surface area (Å²) in [4.78, 5) is 11.9. The van der Waals surface area contributed by atoms with Crippen LogP contribution in [0.5, 0.6) is 0 Å². The molecule has 0 atom stereocenters. The summed E-state index contributed by atoms with van der Waals surface area (Å²) in [7, 11) is 0. The largest absolute Gasteiger partial charge is 0.457 e. The maximum atomic E-state index is 13.5. The number of benzene rings is 2. The molecule has 0 aromatic heterocycles. The zero-order valence-electron chi connectivity index (χ0n) is 10.8. The average molecular weight is 305 g/mol. The SMILES string of the molecule is N#Cc1ccc(F)c(COC(=O)c2cc(N)cc(Cl)c2)c1. The number of nitriles is 1. The Morgan fingerprint density at radius 3 is 2.76 bits per heavy atom. The van der Waals surface area contributed by atoms with Gasteiger partial charge in [-0.2, -0.15) is 5.26 Å². The Morgan fingerprint density at radius 1 is 1.33 bits per heavy atom. The van der Waals surface area contributed by atoms with Crippen LogP contribution in [0.2, 0.25) is 5.02 Å². The van der Waals surface area contributed by atoms with Gasteiger partial charge in [0.05, 0.1) is 17.2 Å². The third kappa shape index (κ3) is 3.71. The first-order chi connectivity index (χ1) is 9.99. The molecule has 0 aliphatic heterocycles. The summed E-state index contributed by atoms with van der Waals surface area (Å²) < 4.78 is 18.5. The number of hydrogen-bond donors (Lipinski definition) is 1. The van der Waals surface area contributed by atoms with E-state index >= 15 is 0 Å². The second kappa shape index (κ2) is 6.25. The van der Waals surface area contributed by atoms with Crippen LogP contribution in [0.15, 0.2) is 36.4 Å². The number of nitrogens with two attached hydrogens (primary N) is 1. The van der Waals surface area contributed by atoms with Gasteiger partial charge in [-0.05, 0) is 36.4 Å². The molecule has 2 aromatic rings. The van der Waals surface area contributed by atoms with Gasteiger partial charge in [0.25, 0.3) is 0 Å². The molecule has 106 valence electrons. The summed E-state index contributed by atoms with van der Waals surface area (Å²) in [5.74, 6) is -1.22. The highest BCUT2D eigenvalue weighted by Gasteiger charge is 2.11. The van der Waals surface area contributed by atoms with Crippen LogP contribution >= 0.6 is 11.6 Å². The number of nitrogens with zero attached hydrogens (tertiary/aromatic N) is 1. The van der Waals surface area contributed by atoms with Crippen LogP contribution in [0, 0.1) is 17.1 Å². The van der Waals surface area contributed by atoms with Gasteiger partial charge in [0.1, 0.15) is 12.4 Å². The first-order valence-corrected chi connectivity index (χ1v) is 6.29. The van der Waals surface area contributed by atoms with Gasteiger partial charge < -0.3 is 10.5 Å². The fourth-order valence-corrected chi connectivity index (χ4v) is 1.96. The first-order valence-electron chi connectivity index (χ1n) is 5.91. The molecular formula is C15H10ClFN2O2. The lowest BCUT2D eigenvalue weighted by atomic mass is 10.1. The summed E-state index contributed by atoms with van der Waals surface area (Å²) in [5, 5.41) is 9.07. The summed E-state index contributed by atoms with van der Waals surface area (Å²) >= 11 is 5.79. The Bertz CT molecular complexity index is 721. The monoisotopic (exact) mass is 304 g/mol. The second-order valence-electron chi connectivity index (χ2n) is 4.27. The van der Waals surface area contributed by atoms with E-state index in [1.807, 2.05) is 6.07 Å². The lowest BCUT2D eigenvalue weighted by Gasteiger charge is -2.07. The van der Waals surface area contributed by atoms with Crippen molar-refractivity contribution in [1.29, 1.82) is 5.26 Å². The predicted octanol–water partition coefficient (Wildman–Crippen LogP) is 3.29. The predicted molar refractivity (Wildman–Crippen MR) is 76.1 cm³/mol.